The third-order valence-electron chi connectivity index (χ3n) is 5.96. The minimum atomic E-state index is -0.243. The zero-order valence-corrected chi connectivity index (χ0v) is 16.2. The van der Waals surface area contributed by atoms with Crippen LogP contribution in [0.15, 0.2) is 30.0 Å². The van der Waals surface area contributed by atoms with Gasteiger partial charge in [-0.2, -0.15) is 0 Å². The molecule has 2 atom stereocenters. The molecule has 5 nitrogen and oxygen atoms in total. The first-order chi connectivity index (χ1) is 13.0. The van der Waals surface area contributed by atoms with E-state index in [1.807, 2.05) is 26.0 Å². The first-order valence-electron chi connectivity index (χ1n) is 10.0. The molecule has 1 aliphatic carbocycles. The van der Waals surface area contributed by atoms with Crippen LogP contribution in [0.4, 0.5) is 5.69 Å². The summed E-state index contributed by atoms with van der Waals surface area (Å²) in [5.74, 6) is -0.199. The van der Waals surface area contributed by atoms with Crippen LogP contribution in [0, 0.1) is 25.7 Å². The molecule has 2 heterocycles. The fraction of sp³-hybridized carbons (Fsp3) is 0.545. The molecule has 1 aromatic rings. The molecule has 3 aliphatic rings. The summed E-state index contributed by atoms with van der Waals surface area (Å²) >= 11 is 0. The molecule has 0 spiro atoms. The lowest BCUT2D eigenvalue weighted by Crippen LogP contribution is -2.41. The first-order valence-corrected chi connectivity index (χ1v) is 10.0. The van der Waals surface area contributed by atoms with Gasteiger partial charge < -0.3 is 9.64 Å². The van der Waals surface area contributed by atoms with Gasteiger partial charge in [0.05, 0.1) is 24.8 Å². The smallest absolute Gasteiger partial charge is 0.238 e. The number of nitrogens with zero attached hydrogens (tertiary/aromatic N) is 2. The molecule has 1 aromatic carbocycles. The molecule has 27 heavy (non-hydrogen) atoms. The molecule has 0 saturated carbocycles. The monoisotopic (exact) mass is 368 g/mol. The average Bonchev–Trinajstić information content (AvgIpc) is 2.96. The van der Waals surface area contributed by atoms with Gasteiger partial charge in [0.25, 0.3) is 0 Å². The molecule has 0 bridgehead atoms. The number of carbonyl (C=O) groups is 2. The molecule has 0 N–H and O–H groups in total. The topological polar surface area (TPSA) is 49.9 Å². The van der Waals surface area contributed by atoms with Crippen LogP contribution in [0.2, 0.25) is 0 Å². The zero-order chi connectivity index (χ0) is 19.0. The normalized spacial score (nSPS) is 26.5. The lowest BCUT2D eigenvalue weighted by Gasteiger charge is -2.38. The zero-order valence-electron chi connectivity index (χ0n) is 16.2. The molecule has 0 aromatic heterocycles. The quantitative estimate of drug-likeness (QED) is 0.769. The Kier molecular flexibility index (Phi) is 5.04. The molecular formula is C22H28N2O3. The number of amides is 2. The van der Waals surface area contributed by atoms with Crippen LogP contribution in [0.3, 0.4) is 0 Å². The van der Waals surface area contributed by atoms with Crippen LogP contribution >= 0.6 is 0 Å². The van der Waals surface area contributed by atoms with Gasteiger partial charge in [-0.3, -0.25) is 14.5 Å². The molecule has 144 valence electrons. The van der Waals surface area contributed by atoms with Crippen molar-refractivity contribution < 1.29 is 14.3 Å². The third kappa shape index (κ3) is 3.53. The first kappa shape index (κ1) is 18.2. The van der Waals surface area contributed by atoms with Crippen LogP contribution in [0.1, 0.15) is 36.8 Å². The van der Waals surface area contributed by atoms with Gasteiger partial charge in [-0.25, -0.2) is 0 Å². The Morgan fingerprint density at radius 1 is 1.00 bits per heavy atom. The van der Waals surface area contributed by atoms with Gasteiger partial charge in [-0.1, -0.05) is 12.1 Å². The number of aryl methyl sites for hydroxylation is 2. The number of anilines is 1. The largest absolute Gasteiger partial charge is 0.378 e. The molecule has 2 saturated heterocycles. The number of imide groups is 1. The van der Waals surface area contributed by atoms with Crippen molar-refractivity contribution in [2.75, 3.05) is 31.2 Å². The summed E-state index contributed by atoms with van der Waals surface area (Å²) < 4.78 is 5.49. The Morgan fingerprint density at radius 3 is 2.41 bits per heavy atom. The maximum Gasteiger partial charge on any atom is 0.238 e. The molecule has 2 amide bonds. The van der Waals surface area contributed by atoms with Crippen molar-refractivity contribution in [3.05, 3.63) is 41.1 Å². The molecule has 2 aliphatic heterocycles. The van der Waals surface area contributed by atoms with E-state index in [1.165, 1.54) is 10.6 Å². The van der Waals surface area contributed by atoms with Crippen LogP contribution in [0.25, 0.3) is 0 Å². The predicted molar refractivity (Wildman–Crippen MR) is 104 cm³/mol. The number of ether oxygens (including phenoxy) is 1. The lowest BCUT2D eigenvalue weighted by atomic mass is 9.80. The third-order valence-corrected chi connectivity index (χ3v) is 5.96. The number of benzene rings is 1. The van der Waals surface area contributed by atoms with E-state index >= 15 is 0 Å². The second-order valence-corrected chi connectivity index (χ2v) is 7.99. The summed E-state index contributed by atoms with van der Waals surface area (Å²) in [6.07, 6.45) is 5.72. The van der Waals surface area contributed by atoms with E-state index in [2.05, 4.69) is 17.0 Å². The SMILES string of the molecule is Cc1cc(C)cc(N2C(=O)C[C@H]([C@H]3CCCC=C3N3CCOCC3)C2=O)c1. The van der Waals surface area contributed by atoms with Crippen molar-refractivity contribution >= 4 is 17.5 Å². The van der Waals surface area contributed by atoms with E-state index in [4.69, 9.17) is 4.74 Å². The fourth-order valence-electron chi connectivity index (χ4n) is 4.80. The highest BCUT2D eigenvalue weighted by Crippen LogP contribution is 2.40. The second kappa shape index (κ2) is 7.47. The molecule has 0 unspecified atom stereocenters. The van der Waals surface area contributed by atoms with E-state index in [0.717, 1.165) is 62.4 Å². The summed E-state index contributed by atoms with van der Waals surface area (Å²) in [5.41, 5.74) is 4.12. The Balaban J connectivity index is 1.60. The summed E-state index contributed by atoms with van der Waals surface area (Å²) in [7, 11) is 0. The summed E-state index contributed by atoms with van der Waals surface area (Å²) in [6.45, 7) is 7.21. The van der Waals surface area contributed by atoms with Gasteiger partial charge in [0.1, 0.15) is 0 Å². The predicted octanol–water partition coefficient (Wildman–Crippen LogP) is 3.20. The van der Waals surface area contributed by atoms with Crippen molar-refractivity contribution in [1.29, 1.82) is 0 Å². The van der Waals surface area contributed by atoms with E-state index in [0.29, 0.717) is 6.42 Å². The van der Waals surface area contributed by atoms with Gasteiger partial charge >= 0.3 is 0 Å². The van der Waals surface area contributed by atoms with Gasteiger partial charge in [0, 0.05) is 31.1 Å². The summed E-state index contributed by atoms with van der Waals surface area (Å²) in [6, 6.07) is 5.93. The van der Waals surface area contributed by atoms with E-state index in [9.17, 15) is 9.59 Å². The average molecular weight is 368 g/mol. The summed E-state index contributed by atoms with van der Waals surface area (Å²) in [4.78, 5) is 29.9. The van der Waals surface area contributed by atoms with Crippen molar-refractivity contribution in [2.24, 2.45) is 11.8 Å². The number of allylic oxidation sites excluding steroid dienone is 2. The van der Waals surface area contributed by atoms with Crippen molar-refractivity contribution in [2.45, 2.75) is 39.5 Å². The highest BCUT2D eigenvalue weighted by Gasteiger charge is 2.45. The van der Waals surface area contributed by atoms with Gasteiger partial charge in [-0.05, 0) is 56.4 Å². The lowest BCUT2D eigenvalue weighted by molar-refractivity contribution is -0.123. The number of hydrogen-bond donors (Lipinski definition) is 0. The summed E-state index contributed by atoms with van der Waals surface area (Å²) in [5, 5.41) is 0. The Labute approximate surface area is 161 Å². The van der Waals surface area contributed by atoms with Gasteiger partial charge in [-0.15, -0.1) is 0 Å². The van der Waals surface area contributed by atoms with Crippen LogP contribution in [-0.2, 0) is 14.3 Å². The number of morpholine rings is 1. The molecular weight excluding hydrogens is 340 g/mol. The second-order valence-electron chi connectivity index (χ2n) is 7.99. The molecule has 4 rings (SSSR count). The van der Waals surface area contributed by atoms with E-state index in [1.54, 1.807) is 0 Å². The highest BCUT2D eigenvalue weighted by molar-refractivity contribution is 6.21. The standard InChI is InChI=1S/C22H28N2O3/c1-15-11-16(2)13-17(12-15)24-21(25)14-19(22(24)26)18-5-3-4-6-20(18)23-7-9-27-10-8-23/h6,11-13,18-19H,3-5,7-10,14H2,1-2H3/t18-,19-/m1/s1. The van der Waals surface area contributed by atoms with Crippen LogP contribution in [0.5, 0.6) is 0 Å². The fourth-order valence-corrected chi connectivity index (χ4v) is 4.80. The van der Waals surface area contributed by atoms with E-state index < -0.39 is 0 Å². The Morgan fingerprint density at radius 2 is 1.70 bits per heavy atom. The highest BCUT2D eigenvalue weighted by atomic mass is 16.5. The number of carbonyl (C=O) groups excluding carboxylic acids is 2. The maximum absolute atomic E-state index is 13.3. The van der Waals surface area contributed by atoms with Crippen molar-refractivity contribution in [1.82, 2.24) is 4.90 Å². The molecule has 0 radical (unpaired) electrons. The number of rotatable bonds is 3. The maximum atomic E-state index is 13.3. The molecule has 5 heteroatoms. The van der Waals surface area contributed by atoms with Crippen molar-refractivity contribution in [3.8, 4) is 0 Å². The van der Waals surface area contributed by atoms with E-state index in [-0.39, 0.29) is 23.7 Å². The Bertz CT molecular complexity index is 760. The molecule has 2 fully saturated rings. The van der Waals surface area contributed by atoms with Crippen molar-refractivity contribution in [3.63, 3.8) is 0 Å². The van der Waals surface area contributed by atoms with Gasteiger partial charge in [0.15, 0.2) is 0 Å². The van der Waals surface area contributed by atoms with Crippen LogP contribution in [-0.4, -0.2) is 43.0 Å². The number of hydrogen-bond acceptors (Lipinski definition) is 4. The van der Waals surface area contributed by atoms with Gasteiger partial charge in [0.2, 0.25) is 11.8 Å². The minimum absolute atomic E-state index is 0.0314. The Hall–Kier alpha value is -2.14. The van der Waals surface area contributed by atoms with Crippen LogP contribution < -0.4 is 4.90 Å². The minimum Gasteiger partial charge on any atom is -0.378 e.